The summed E-state index contributed by atoms with van der Waals surface area (Å²) in [5.74, 6) is 1.40. The molecule has 2 rings (SSSR count). The number of halogens is 1. The number of para-hydroxylation sites is 1. The van der Waals surface area contributed by atoms with Crippen LogP contribution in [0.4, 0.5) is 0 Å². The van der Waals surface area contributed by atoms with Crippen molar-refractivity contribution in [1.29, 1.82) is 0 Å². The van der Waals surface area contributed by atoms with Crippen molar-refractivity contribution in [1.82, 2.24) is 0 Å². The molecule has 0 fully saturated rings. The zero-order valence-corrected chi connectivity index (χ0v) is 12.1. The van der Waals surface area contributed by atoms with Gasteiger partial charge in [-0.1, -0.05) is 35.9 Å². The predicted molar refractivity (Wildman–Crippen MR) is 79.6 cm³/mol. The highest BCUT2D eigenvalue weighted by atomic mass is 35.5. The predicted octanol–water partition coefficient (Wildman–Crippen LogP) is 3.46. The molecule has 3 nitrogen and oxygen atoms in total. The van der Waals surface area contributed by atoms with Crippen LogP contribution in [0.25, 0.3) is 0 Å². The number of rotatable bonds is 6. The summed E-state index contributed by atoms with van der Waals surface area (Å²) < 4.78 is 10.8. The number of aliphatic hydroxyl groups excluding tert-OH is 1. The van der Waals surface area contributed by atoms with E-state index in [2.05, 4.69) is 0 Å². The Morgan fingerprint density at radius 2 is 1.85 bits per heavy atom. The quantitative estimate of drug-likeness (QED) is 0.886. The fraction of sp³-hybridized carbons (Fsp3) is 0.250. The maximum Gasteiger partial charge on any atom is 0.143 e. The van der Waals surface area contributed by atoms with E-state index in [1.54, 1.807) is 25.3 Å². The Morgan fingerprint density at radius 3 is 2.50 bits per heavy atom. The summed E-state index contributed by atoms with van der Waals surface area (Å²) in [6.07, 6.45) is 0.764. The second-order valence-electron chi connectivity index (χ2n) is 4.33. The molecule has 0 heterocycles. The molecular formula is C16H17ClO3. The molecule has 0 saturated carbocycles. The Morgan fingerprint density at radius 1 is 1.10 bits per heavy atom. The lowest BCUT2D eigenvalue weighted by Gasteiger charge is -2.12. The molecule has 0 amide bonds. The topological polar surface area (TPSA) is 38.7 Å². The lowest BCUT2D eigenvalue weighted by Crippen LogP contribution is -2.04. The van der Waals surface area contributed by atoms with Gasteiger partial charge >= 0.3 is 0 Å². The van der Waals surface area contributed by atoms with Gasteiger partial charge in [0.15, 0.2) is 0 Å². The van der Waals surface area contributed by atoms with E-state index in [0.717, 1.165) is 17.7 Å². The molecule has 0 saturated heterocycles. The Bertz CT molecular complexity index is 552. The fourth-order valence-electron chi connectivity index (χ4n) is 1.90. The molecule has 4 heteroatoms. The van der Waals surface area contributed by atoms with Gasteiger partial charge < -0.3 is 14.6 Å². The lowest BCUT2D eigenvalue weighted by molar-refractivity contribution is 0.264. The van der Waals surface area contributed by atoms with Gasteiger partial charge in [0.1, 0.15) is 11.5 Å². The highest BCUT2D eigenvalue weighted by Gasteiger charge is 2.07. The maximum atomic E-state index is 9.26. The van der Waals surface area contributed by atoms with Crippen LogP contribution in [0.15, 0.2) is 42.5 Å². The van der Waals surface area contributed by atoms with Gasteiger partial charge in [-0.3, -0.25) is 0 Å². The zero-order valence-electron chi connectivity index (χ0n) is 11.3. The Balaban J connectivity index is 1.95. The summed E-state index contributed by atoms with van der Waals surface area (Å²) in [6, 6.07) is 13.2. The van der Waals surface area contributed by atoms with Crippen molar-refractivity contribution in [2.45, 2.75) is 13.0 Å². The first-order chi connectivity index (χ1) is 9.74. The summed E-state index contributed by atoms with van der Waals surface area (Å²) in [5, 5.41) is 9.78. The molecule has 20 heavy (non-hydrogen) atoms. The van der Waals surface area contributed by atoms with Crippen molar-refractivity contribution in [3.63, 3.8) is 0 Å². The zero-order chi connectivity index (χ0) is 14.4. The van der Waals surface area contributed by atoms with E-state index in [1.807, 2.05) is 24.3 Å². The van der Waals surface area contributed by atoms with E-state index >= 15 is 0 Å². The van der Waals surface area contributed by atoms with Crippen molar-refractivity contribution >= 4 is 11.6 Å². The Kier molecular flexibility index (Phi) is 5.27. The molecule has 0 aromatic heterocycles. The number of hydrogen-bond donors (Lipinski definition) is 1. The first-order valence-electron chi connectivity index (χ1n) is 6.38. The number of hydrogen-bond acceptors (Lipinski definition) is 3. The van der Waals surface area contributed by atoms with Crippen LogP contribution in [0.1, 0.15) is 11.1 Å². The highest BCUT2D eigenvalue weighted by molar-refractivity contribution is 6.32. The monoisotopic (exact) mass is 292 g/mol. The van der Waals surface area contributed by atoms with Gasteiger partial charge in [0.25, 0.3) is 0 Å². The van der Waals surface area contributed by atoms with Crippen LogP contribution >= 0.6 is 11.6 Å². The summed E-state index contributed by atoms with van der Waals surface area (Å²) >= 11 is 6.08. The molecular weight excluding hydrogens is 276 g/mol. The van der Waals surface area contributed by atoms with Crippen LogP contribution in [-0.4, -0.2) is 18.8 Å². The molecule has 0 spiro atoms. The molecule has 0 aliphatic rings. The van der Waals surface area contributed by atoms with Gasteiger partial charge in [0.2, 0.25) is 0 Å². The third-order valence-corrected chi connectivity index (χ3v) is 3.31. The van der Waals surface area contributed by atoms with Crippen molar-refractivity contribution < 1.29 is 14.6 Å². The van der Waals surface area contributed by atoms with E-state index in [9.17, 15) is 5.11 Å². The van der Waals surface area contributed by atoms with Crippen molar-refractivity contribution in [3.8, 4) is 11.5 Å². The van der Waals surface area contributed by atoms with Crippen LogP contribution in [0.3, 0.4) is 0 Å². The molecule has 0 bridgehead atoms. The molecule has 1 N–H and O–H groups in total. The van der Waals surface area contributed by atoms with Crippen LogP contribution in [0.5, 0.6) is 11.5 Å². The average molecular weight is 293 g/mol. The second-order valence-corrected chi connectivity index (χ2v) is 4.74. The maximum absolute atomic E-state index is 9.26. The molecule has 0 atom stereocenters. The average Bonchev–Trinajstić information content (AvgIpc) is 2.49. The van der Waals surface area contributed by atoms with Crippen LogP contribution in [0, 0.1) is 0 Å². The van der Waals surface area contributed by atoms with Gasteiger partial charge in [-0.2, -0.15) is 0 Å². The molecule has 2 aromatic rings. The Labute approximate surface area is 123 Å². The summed E-state index contributed by atoms with van der Waals surface area (Å²) in [4.78, 5) is 0. The van der Waals surface area contributed by atoms with Gasteiger partial charge in [-0.25, -0.2) is 0 Å². The van der Waals surface area contributed by atoms with Crippen molar-refractivity contribution in [2.24, 2.45) is 0 Å². The van der Waals surface area contributed by atoms with Crippen molar-refractivity contribution in [2.75, 3.05) is 13.7 Å². The first kappa shape index (κ1) is 14.7. The van der Waals surface area contributed by atoms with Gasteiger partial charge in [0, 0.05) is 12.0 Å². The molecule has 2 aromatic carbocycles. The minimum Gasteiger partial charge on any atom is -0.497 e. The largest absolute Gasteiger partial charge is 0.497 e. The second kappa shape index (κ2) is 7.17. The van der Waals surface area contributed by atoms with Gasteiger partial charge in [0.05, 0.1) is 25.3 Å². The number of methoxy groups -OCH3 is 1. The van der Waals surface area contributed by atoms with E-state index < -0.39 is 0 Å². The minimum absolute atomic E-state index is 0.0849. The third kappa shape index (κ3) is 3.65. The standard InChI is InChI=1S/C16H17ClO3/c1-19-14-7-5-12(6-8-14)9-10-20-16-13(11-18)3-2-4-15(16)17/h2-8,18H,9-11H2,1H3. The summed E-state index contributed by atoms with van der Waals surface area (Å²) in [6.45, 7) is 0.418. The summed E-state index contributed by atoms with van der Waals surface area (Å²) in [7, 11) is 1.64. The summed E-state index contributed by atoms with van der Waals surface area (Å²) in [5.41, 5.74) is 1.86. The third-order valence-electron chi connectivity index (χ3n) is 3.02. The molecule has 0 radical (unpaired) electrons. The molecule has 106 valence electrons. The van der Waals surface area contributed by atoms with Gasteiger partial charge in [-0.15, -0.1) is 0 Å². The normalized spacial score (nSPS) is 10.3. The number of ether oxygens (including phenoxy) is 2. The van der Waals surface area contributed by atoms with Gasteiger partial charge in [-0.05, 0) is 23.8 Å². The van der Waals surface area contributed by atoms with E-state index in [0.29, 0.717) is 22.9 Å². The fourth-order valence-corrected chi connectivity index (χ4v) is 2.15. The number of benzene rings is 2. The van der Waals surface area contributed by atoms with E-state index in [1.165, 1.54) is 0 Å². The highest BCUT2D eigenvalue weighted by Crippen LogP contribution is 2.28. The smallest absolute Gasteiger partial charge is 0.143 e. The minimum atomic E-state index is -0.0849. The number of aliphatic hydroxyl groups is 1. The lowest BCUT2D eigenvalue weighted by atomic mass is 10.1. The van der Waals surface area contributed by atoms with E-state index in [-0.39, 0.29) is 6.61 Å². The van der Waals surface area contributed by atoms with Crippen molar-refractivity contribution in [3.05, 3.63) is 58.6 Å². The van der Waals surface area contributed by atoms with Crippen LogP contribution < -0.4 is 9.47 Å². The SMILES string of the molecule is COc1ccc(CCOc2c(Cl)cccc2CO)cc1. The molecule has 0 aliphatic carbocycles. The van der Waals surface area contributed by atoms with E-state index in [4.69, 9.17) is 21.1 Å². The Hall–Kier alpha value is -1.71. The first-order valence-corrected chi connectivity index (χ1v) is 6.76. The molecule has 0 aliphatic heterocycles. The van der Waals surface area contributed by atoms with Crippen LogP contribution in [0.2, 0.25) is 5.02 Å². The molecule has 0 unspecified atom stereocenters. The van der Waals surface area contributed by atoms with Crippen LogP contribution in [-0.2, 0) is 13.0 Å².